The molecule has 0 bridgehead atoms. The Bertz CT molecular complexity index is 988. The van der Waals surface area contributed by atoms with E-state index in [0.717, 1.165) is 11.4 Å². The molecule has 1 aromatic heterocycles. The summed E-state index contributed by atoms with van der Waals surface area (Å²) in [5, 5.41) is 22.2. The average Bonchev–Trinajstić information content (AvgIpc) is 3.11. The summed E-state index contributed by atoms with van der Waals surface area (Å²) in [6.45, 7) is 2.71. The fraction of sp³-hybridized carbons (Fsp3) is 0.158. The molecule has 0 unspecified atom stereocenters. The molecule has 0 aliphatic heterocycles. The number of thioether (sulfide) groups is 1. The van der Waals surface area contributed by atoms with E-state index >= 15 is 0 Å². The number of rotatable bonds is 7. The lowest BCUT2D eigenvalue weighted by atomic mass is 10.2. The van der Waals surface area contributed by atoms with Gasteiger partial charge in [-0.2, -0.15) is 5.10 Å². The smallest absolute Gasteiger partial charge is 0.337 e. The van der Waals surface area contributed by atoms with Gasteiger partial charge in [0.1, 0.15) is 5.75 Å². The Morgan fingerprint density at radius 2 is 2.07 bits per heavy atom. The number of H-pyrrole nitrogens is 1. The molecule has 0 aliphatic carbocycles. The van der Waals surface area contributed by atoms with Crippen LogP contribution in [0.1, 0.15) is 12.5 Å². The number of hydrogen-bond donors (Lipinski definition) is 3. The summed E-state index contributed by atoms with van der Waals surface area (Å²) in [5.74, 6) is 0.836. The van der Waals surface area contributed by atoms with Crippen LogP contribution in [-0.2, 0) is 11.3 Å². The van der Waals surface area contributed by atoms with E-state index in [1.807, 2.05) is 35.8 Å². The van der Waals surface area contributed by atoms with Crippen molar-refractivity contribution in [1.29, 1.82) is 0 Å². The molecule has 3 rings (SSSR count). The minimum absolute atomic E-state index is 0.102. The molecule has 0 atom stereocenters. The zero-order valence-corrected chi connectivity index (χ0v) is 16.7. The SMILES string of the molecule is CC[n+]1c(SCC(=O)NN=Cc2ccccc2O)n[nH]c1-c1ccc(Cl)cc1. The molecule has 0 aliphatic rings. The van der Waals surface area contributed by atoms with Crippen LogP contribution >= 0.6 is 23.4 Å². The minimum atomic E-state index is -0.268. The first-order chi connectivity index (χ1) is 13.6. The number of carbonyl (C=O) groups is 1. The molecule has 7 nitrogen and oxygen atoms in total. The molecular weight excluding hydrogens is 398 g/mol. The van der Waals surface area contributed by atoms with Gasteiger partial charge < -0.3 is 5.11 Å². The van der Waals surface area contributed by atoms with Crippen molar-refractivity contribution in [1.82, 2.24) is 15.6 Å². The van der Waals surface area contributed by atoms with Crippen LogP contribution in [0.5, 0.6) is 5.75 Å². The number of amides is 1. The van der Waals surface area contributed by atoms with E-state index in [9.17, 15) is 9.90 Å². The molecule has 0 saturated heterocycles. The maximum Gasteiger partial charge on any atom is 0.337 e. The molecule has 0 fully saturated rings. The van der Waals surface area contributed by atoms with Crippen molar-refractivity contribution in [3.63, 3.8) is 0 Å². The Balaban J connectivity index is 1.60. The molecule has 0 saturated carbocycles. The summed E-state index contributed by atoms with van der Waals surface area (Å²) in [4.78, 5) is 12.0. The topological polar surface area (TPSA) is 94.2 Å². The molecule has 3 N–H and O–H groups in total. The molecule has 1 heterocycles. The summed E-state index contributed by atoms with van der Waals surface area (Å²) < 4.78 is 1.99. The van der Waals surface area contributed by atoms with E-state index in [2.05, 4.69) is 20.7 Å². The lowest BCUT2D eigenvalue weighted by Gasteiger charge is -2.01. The number of para-hydroxylation sites is 1. The minimum Gasteiger partial charge on any atom is -0.507 e. The number of hydrogen-bond acceptors (Lipinski definition) is 5. The van der Waals surface area contributed by atoms with Crippen LogP contribution in [0, 0.1) is 0 Å². The van der Waals surface area contributed by atoms with E-state index < -0.39 is 0 Å². The lowest BCUT2D eigenvalue weighted by Crippen LogP contribution is -2.36. The number of carbonyl (C=O) groups excluding carboxylic acids is 1. The number of nitrogens with one attached hydrogen (secondary N) is 2. The van der Waals surface area contributed by atoms with Crippen molar-refractivity contribution < 1.29 is 14.5 Å². The number of phenols is 1. The third kappa shape index (κ3) is 4.90. The first-order valence-electron chi connectivity index (χ1n) is 8.55. The largest absolute Gasteiger partial charge is 0.507 e. The van der Waals surface area contributed by atoms with Crippen molar-refractivity contribution in [2.24, 2.45) is 5.10 Å². The fourth-order valence-electron chi connectivity index (χ4n) is 2.48. The molecule has 2 aromatic carbocycles. The summed E-state index contributed by atoms with van der Waals surface area (Å²) in [6.07, 6.45) is 1.40. The van der Waals surface area contributed by atoms with E-state index in [-0.39, 0.29) is 17.4 Å². The van der Waals surface area contributed by atoms with Crippen molar-refractivity contribution in [2.45, 2.75) is 18.6 Å². The van der Waals surface area contributed by atoms with E-state index in [1.54, 1.807) is 24.3 Å². The predicted molar refractivity (Wildman–Crippen MR) is 109 cm³/mol. The second kappa shape index (κ2) is 9.38. The van der Waals surface area contributed by atoms with Crippen LogP contribution in [0.25, 0.3) is 11.4 Å². The predicted octanol–water partition coefficient (Wildman–Crippen LogP) is 2.99. The third-order valence-corrected chi connectivity index (χ3v) is 5.08. The van der Waals surface area contributed by atoms with Crippen LogP contribution < -0.4 is 9.99 Å². The number of nitrogens with zero attached hydrogens (tertiary/aromatic N) is 3. The number of benzene rings is 2. The van der Waals surface area contributed by atoms with Crippen molar-refractivity contribution in [3.05, 3.63) is 59.1 Å². The zero-order valence-electron chi connectivity index (χ0n) is 15.1. The Hall–Kier alpha value is -2.84. The van der Waals surface area contributed by atoms with Gasteiger partial charge in [-0.1, -0.05) is 23.7 Å². The van der Waals surface area contributed by atoms with E-state index in [1.165, 1.54) is 18.0 Å². The van der Waals surface area contributed by atoms with Crippen LogP contribution in [0.15, 0.2) is 58.8 Å². The summed E-state index contributed by atoms with van der Waals surface area (Å²) >= 11 is 7.25. The number of halogens is 1. The molecule has 28 heavy (non-hydrogen) atoms. The molecule has 3 aromatic rings. The van der Waals surface area contributed by atoms with Gasteiger partial charge in [-0.3, -0.25) is 4.79 Å². The standard InChI is InChI=1S/C19H18ClN5O2S/c1-2-25-18(13-7-9-15(20)10-8-13)23-24-19(25)28-12-17(27)22-21-11-14-5-3-4-6-16(14)26/h3-11H,2,12H2,1H3,(H2,21,22,26,27)/p+1. The van der Waals surface area contributed by atoms with Crippen LogP contribution in [0.3, 0.4) is 0 Å². The van der Waals surface area contributed by atoms with Crippen molar-refractivity contribution in [3.8, 4) is 17.1 Å². The maximum atomic E-state index is 12.0. The Labute approximate surface area is 171 Å². The van der Waals surface area contributed by atoms with Gasteiger partial charge >= 0.3 is 5.16 Å². The third-order valence-electron chi connectivity index (χ3n) is 3.85. The van der Waals surface area contributed by atoms with Gasteiger partial charge in [-0.15, -0.1) is 5.10 Å². The number of aromatic hydroxyl groups is 1. The normalized spacial score (nSPS) is 11.1. The number of aromatic amines is 1. The second-order valence-corrected chi connectivity index (χ2v) is 7.13. The Kier molecular flexibility index (Phi) is 6.67. The van der Waals surface area contributed by atoms with Gasteiger partial charge in [0, 0.05) is 10.6 Å². The lowest BCUT2D eigenvalue weighted by molar-refractivity contribution is -0.719. The zero-order chi connectivity index (χ0) is 19.9. The molecule has 0 radical (unpaired) electrons. The number of aromatic nitrogens is 3. The first-order valence-corrected chi connectivity index (χ1v) is 9.91. The fourth-order valence-corrected chi connectivity index (χ4v) is 3.42. The van der Waals surface area contributed by atoms with Gasteiger partial charge in [-0.25, -0.2) is 9.99 Å². The maximum absolute atomic E-state index is 12.0. The van der Waals surface area contributed by atoms with Gasteiger partial charge in [0.05, 0.1) is 29.2 Å². The van der Waals surface area contributed by atoms with Crippen LogP contribution in [0.4, 0.5) is 0 Å². The van der Waals surface area contributed by atoms with Crippen molar-refractivity contribution in [2.75, 3.05) is 5.75 Å². The van der Waals surface area contributed by atoms with E-state index in [0.29, 0.717) is 22.3 Å². The highest BCUT2D eigenvalue weighted by molar-refractivity contribution is 7.99. The molecule has 0 spiro atoms. The molecule has 9 heteroatoms. The van der Waals surface area contributed by atoms with Gasteiger partial charge in [0.15, 0.2) is 0 Å². The number of phenolic OH excluding ortho intramolecular Hbond substituents is 1. The summed E-state index contributed by atoms with van der Waals surface area (Å²) in [5.41, 5.74) is 3.93. The van der Waals surface area contributed by atoms with Gasteiger partial charge in [0.25, 0.3) is 11.7 Å². The second-order valence-electron chi connectivity index (χ2n) is 5.75. The number of hydrazone groups is 1. The molecule has 1 amide bonds. The Morgan fingerprint density at radius 1 is 1.32 bits per heavy atom. The molecular formula is C19H19ClN5O2S+. The average molecular weight is 417 g/mol. The summed E-state index contributed by atoms with van der Waals surface area (Å²) in [7, 11) is 0. The van der Waals surface area contributed by atoms with Gasteiger partial charge in [-0.05, 0) is 55.1 Å². The van der Waals surface area contributed by atoms with Crippen LogP contribution in [0.2, 0.25) is 5.02 Å². The highest BCUT2D eigenvalue weighted by Crippen LogP contribution is 2.20. The van der Waals surface area contributed by atoms with E-state index in [4.69, 9.17) is 11.6 Å². The Morgan fingerprint density at radius 3 is 2.79 bits per heavy atom. The monoisotopic (exact) mass is 416 g/mol. The quantitative estimate of drug-likeness (QED) is 0.239. The summed E-state index contributed by atoms with van der Waals surface area (Å²) in [6, 6.07) is 14.2. The highest BCUT2D eigenvalue weighted by Gasteiger charge is 2.21. The van der Waals surface area contributed by atoms with Crippen LogP contribution in [-0.4, -0.2) is 33.2 Å². The highest BCUT2D eigenvalue weighted by atomic mass is 35.5. The molecule has 144 valence electrons. The van der Waals surface area contributed by atoms with Gasteiger partial charge in [0.2, 0.25) is 0 Å². The first kappa shape index (κ1) is 19.9. The van der Waals surface area contributed by atoms with Crippen molar-refractivity contribution >= 4 is 35.5 Å².